The number of benzene rings is 1. The van der Waals surface area contributed by atoms with Crippen molar-refractivity contribution < 1.29 is 32.6 Å². The van der Waals surface area contributed by atoms with Crippen molar-refractivity contribution in [1.29, 1.82) is 0 Å². The highest BCUT2D eigenvalue weighted by molar-refractivity contribution is 7.17. The molecule has 1 aromatic carbocycles. The number of aryl methyl sites for hydroxylation is 1. The van der Waals surface area contributed by atoms with Gasteiger partial charge in [-0.3, -0.25) is 4.79 Å². The van der Waals surface area contributed by atoms with Gasteiger partial charge in [-0.1, -0.05) is 0 Å². The van der Waals surface area contributed by atoms with E-state index in [2.05, 4.69) is 10.1 Å². The molecule has 0 radical (unpaired) electrons. The quantitative estimate of drug-likeness (QED) is 0.689. The zero-order valence-corrected chi connectivity index (χ0v) is 16.2. The molecule has 1 heterocycles. The minimum Gasteiger partial charge on any atom is -0.493 e. The summed E-state index contributed by atoms with van der Waals surface area (Å²) in [6.07, 6.45) is 2.59. The van der Waals surface area contributed by atoms with E-state index in [1.165, 1.54) is 36.6 Å². The van der Waals surface area contributed by atoms with Crippen LogP contribution in [0.25, 0.3) is 0 Å². The van der Waals surface area contributed by atoms with Crippen molar-refractivity contribution in [3.05, 3.63) is 39.8 Å². The van der Waals surface area contributed by atoms with E-state index < -0.39 is 18.5 Å². The number of anilines is 1. The van der Waals surface area contributed by atoms with Crippen molar-refractivity contribution in [2.75, 3.05) is 19.0 Å². The zero-order chi connectivity index (χ0) is 20.3. The van der Waals surface area contributed by atoms with Crippen LogP contribution in [-0.4, -0.2) is 32.2 Å². The SMILES string of the molecule is CCOC(=O)c1c(NC(=O)c2ccc(OC(F)F)c(OC)c2)sc2c1CCC2. The lowest BCUT2D eigenvalue weighted by molar-refractivity contribution is -0.0512. The molecule has 1 N–H and O–H groups in total. The Morgan fingerprint density at radius 2 is 2.04 bits per heavy atom. The Hall–Kier alpha value is -2.68. The summed E-state index contributed by atoms with van der Waals surface area (Å²) in [6, 6.07) is 3.89. The average molecular weight is 411 g/mol. The van der Waals surface area contributed by atoms with Crippen LogP contribution in [0.4, 0.5) is 13.8 Å². The maximum absolute atomic E-state index is 12.7. The van der Waals surface area contributed by atoms with Crippen molar-refractivity contribution in [3.8, 4) is 11.5 Å². The molecule has 0 unspecified atom stereocenters. The normalized spacial score (nSPS) is 12.6. The molecule has 0 saturated heterocycles. The van der Waals surface area contributed by atoms with E-state index in [4.69, 9.17) is 9.47 Å². The molecule has 0 atom stereocenters. The van der Waals surface area contributed by atoms with E-state index in [-0.39, 0.29) is 23.7 Å². The first kappa shape index (κ1) is 20.1. The Labute approximate surface area is 164 Å². The van der Waals surface area contributed by atoms with Crippen LogP contribution in [0.3, 0.4) is 0 Å². The van der Waals surface area contributed by atoms with Gasteiger partial charge in [0.15, 0.2) is 11.5 Å². The fraction of sp³-hybridized carbons (Fsp3) is 0.368. The van der Waals surface area contributed by atoms with Crippen LogP contribution in [0.15, 0.2) is 18.2 Å². The fourth-order valence-corrected chi connectivity index (χ4v) is 4.36. The Morgan fingerprint density at radius 1 is 1.25 bits per heavy atom. The summed E-state index contributed by atoms with van der Waals surface area (Å²) in [7, 11) is 1.29. The standard InChI is InChI=1S/C19H19F2NO5S/c1-3-26-18(24)15-11-5-4-6-14(11)28-17(15)22-16(23)10-7-8-12(27-19(20)21)13(9-10)25-2/h7-9,19H,3-6H2,1-2H3,(H,22,23). The number of carbonyl (C=O) groups excluding carboxylic acids is 2. The van der Waals surface area contributed by atoms with Crippen LogP contribution in [0, 0.1) is 0 Å². The maximum atomic E-state index is 12.7. The highest BCUT2D eigenvalue weighted by Crippen LogP contribution is 2.40. The average Bonchev–Trinajstić information content (AvgIpc) is 3.22. The summed E-state index contributed by atoms with van der Waals surface area (Å²) in [4.78, 5) is 26.1. The molecule has 0 spiro atoms. The Balaban J connectivity index is 1.86. The molecular weight excluding hydrogens is 392 g/mol. The molecule has 0 saturated carbocycles. The topological polar surface area (TPSA) is 73.9 Å². The lowest BCUT2D eigenvalue weighted by Crippen LogP contribution is -2.15. The van der Waals surface area contributed by atoms with E-state index in [0.717, 1.165) is 29.7 Å². The number of methoxy groups -OCH3 is 1. The predicted octanol–water partition coefficient (Wildman–Crippen LogP) is 4.28. The summed E-state index contributed by atoms with van der Waals surface area (Å²) >= 11 is 1.36. The molecule has 0 fully saturated rings. The fourth-order valence-electron chi connectivity index (χ4n) is 3.09. The van der Waals surface area contributed by atoms with E-state index in [0.29, 0.717) is 10.6 Å². The molecule has 0 bridgehead atoms. The first-order valence-electron chi connectivity index (χ1n) is 8.70. The number of alkyl halides is 2. The van der Waals surface area contributed by atoms with Crippen LogP contribution < -0.4 is 14.8 Å². The lowest BCUT2D eigenvalue weighted by Gasteiger charge is -2.12. The second kappa shape index (κ2) is 8.55. The van der Waals surface area contributed by atoms with E-state index >= 15 is 0 Å². The van der Waals surface area contributed by atoms with Gasteiger partial charge in [0.1, 0.15) is 5.00 Å². The van der Waals surface area contributed by atoms with Crippen molar-refractivity contribution in [2.24, 2.45) is 0 Å². The second-order valence-corrected chi connectivity index (χ2v) is 7.09. The van der Waals surface area contributed by atoms with E-state index in [1.807, 2.05) is 0 Å². The molecule has 1 amide bonds. The minimum absolute atomic E-state index is 0.00670. The number of hydrogen-bond acceptors (Lipinski definition) is 6. The van der Waals surface area contributed by atoms with Gasteiger partial charge in [-0.15, -0.1) is 11.3 Å². The number of carbonyl (C=O) groups is 2. The number of rotatable bonds is 7. The molecule has 28 heavy (non-hydrogen) atoms. The summed E-state index contributed by atoms with van der Waals surface area (Å²) in [6.45, 7) is -1.05. The molecule has 9 heteroatoms. The van der Waals surface area contributed by atoms with Gasteiger partial charge >= 0.3 is 12.6 Å². The summed E-state index contributed by atoms with van der Waals surface area (Å²) in [5.41, 5.74) is 1.51. The number of esters is 1. The first-order chi connectivity index (χ1) is 13.4. The molecule has 1 aliphatic rings. The number of thiophene rings is 1. The second-order valence-electron chi connectivity index (χ2n) is 5.98. The van der Waals surface area contributed by atoms with Crippen molar-refractivity contribution in [1.82, 2.24) is 0 Å². The van der Waals surface area contributed by atoms with Crippen LogP contribution in [0.2, 0.25) is 0 Å². The van der Waals surface area contributed by atoms with Gasteiger partial charge in [0, 0.05) is 10.4 Å². The summed E-state index contributed by atoms with van der Waals surface area (Å²) < 4.78 is 39.4. The monoisotopic (exact) mass is 411 g/mol. The Morgan fingerprint density at radius 3 is 2.71 bits per heavy atom. The predicted molar refractivity (Wildman–Crippen MR) is 99.9 cm³/mol. The van der Waals surface area contributed by atoms with Crippen LogP contribution in [0.1, 0.15) is 44.5 Å². The van der Waals surface area contributed by atoms with Crippen molar-refractivity contribution in [2.45, 2.75) is 32.8 Å². The van der Waals surface area contributed by atoms with Gasteiger partial charge in [0.2, 0.25) is 0 Å². The van der Waals surface area contributed by atoms with Crippen molar-refractivity contribution in [3.63, 3.8) is 0 Å². The van der Waals surface area contributed by atoms with Gasteiger partial charge in [-0.05, 0) is 49.9 Å². The molecule has 0 aliphatic heterocycles. The molecule has 1 aliphatic carbocycles. The molecule has 150 valence electrons. The maximum Gasteiger partial charge on any atom is 0.387 e. The van der Waals surface area contributed by atoms with Crippen LogP contribution in [0.5, 0.6) is 11.5 Å². The number of amides is 1. The highest BCUT2D eigenvalue weighted by atomic mass is 32.1. The van der Waals surface area contributed by atoms with Gasteiger partial charge in [0.05, 0.1) is 19.3 Å². The third kappa shape index (κ3) is 4.09. The number of nitrogens with one attached hydrogen (secondary N) is 1. The highest BCUT2D eigenvalue weighted by Gasteiger charge is 2.28. The number of fused-ring (bicyclic) bond motifs is 1. The third-order valence-corrected chi connectivity index (χ3v) is 5.48. The molecular formula is C19H19F2NO5S. The molecule has 2 aromatic rings. The lowest BCUT2D eigenvalue weighted by atomic mass is 10.1. The van der Waals surface area contributed by atoms with Crippen molar-refractivity contribution >= 4 is 28.2 Å². The first-order valence-corrected chi connectivity index (χ1v) is 9.52. The zero-order valence-electron chi connectivity index (χ0n) is 15.3. The van der Waals surface area contributed by atoms with Gasteiger partial charge < -0.3 is 19.5 Å². The van der Waals surface area contributed by atoms with Gasteiger partial charge in [-0.2, -0.15) is 8.78 Å². The van der Waals surface area contributed by atoms with E-state index in [9.17, 15) is 18.4 Å². The minimum atomic E-state index is -3.01. The van der Waals surface area contributed by atoms with E-state index in [1.54, 1.807) is 6.92 Å². The Bertz CT molecular complexity index is 897. The van der Waals surface area contributed by atoms with Crippen LogP contribution in [-0.2, 0) is 17.6 Å². The third-order valence-electron chi connectivity index (χ3n) is 4.27. The smallest absolute Gasteiger partial charge is 0.387 e. The number of halogens is 2. The number of hydrogen-bond donors (Lipinski definition) is 1. The summed E-state index contributed by atoms with van der Waals surface area (Å²) in [5, 5.41) is 3.17. The number of ether oxygens (including phenoxy) is 3. The molecule has 6 nitrogen and oxygen atoms in total. The summed E-state index contributed by atoms with van der Waals surface area (Å²) in [5.74, 6) is -1.12. The molecule has 3 rings (SSSR count). The van der Waals surface area contributed by atoms with Gasteiger partial charge in [-0.25, -0.2) is 4.79 Å². The van der Waals surface area contributed by atoms with Gasteiger partial charge in [0.25, 0.3) is 5.91 Å². The molecule has 1 aromatic heterocycles. The van der Waals surface area contributed by atoms with Crippen LogP contribution >= 0.6 is 11.3 Å². The largest absolute Gasteiger partial charge is 0.493 e. The Kier molecular flexibility index (Phi) is 6.13.